The van der Waals surface area contributed by atoms with Gasteiger partial charge in [-0.05, 0) is 55.0 Å². The quantitative estimate of drug-likeness (QED) is 0.612. The van der Waals surface area contributed by atoms with E-state index in [0.29, 0.717) is 23.3 Å². The van der Waals surface area contributed by atoms with Crippen LogP contribution in [0.3, 0.4) is 0 Å². The highest BCUT2D eigenvalue weighted by atomic mass is 32.2. The Morgan fingerprint density at radius 1 is 1.10 bits per heavy atom. The Morgan fingerprint density at radius 3 is 2.43 bits per heavy atom. The molecule has 3 N–H and O–H groups in total. The van der Waals surface area contributed by atoms with Gasteiger partial charge in [-0.25, -0.2) is 13.6 Å². The summed E-state index contributed by atoms with van der Waals surface area (Å²) < 4.78 is 23.9. The van der Waals surface area contributed by atoms with Crippen molar-refractivity contribution >= 4 is 27.5 Å². The van der Waals surface area contributed by atoms with Crippen molar-refractivity contribution in [2.24, 2.45) is 5.14 Å². The zero-order valence-electron chi connectivity index (χ0n) is 17.4. The van der Waals surface area contributed by atoms with E-state index >= 15 is 0 Å². The Hall–Kier alpha value is -1.58. The maximum absolute atomic E-state index is 11.9. The molecule has 0 spiro atoms. The molecule has 0 amide bonds. The fraction of sp³-hybridized carbons (Fsp3) is 0.455. The van der Waals surface area contributed by atoms with Crippen LogP contribution in [0.5, 0.6) is 0 Å². The molecule has 1 aliphatic rings. The maximum Gasteiger partial charge on any atom is 0.238 e. The van der Waals surface area contributed by atoms with Crippen molar-refractivity contribution in [3.8, 4) is 0 Å². The fourth-order valence-corrected chi connectivity index (χ4v) is 5.32. The number of aliphatic hydroxyl groups excluding tert-OH is 1. The topological polar surface area (TPSA) is 86.9 Å². The summed E-state index contributed by atoms with van der Waals surface area (Å²) in [5.74, 6) is 0.567. The molecule has 0 bridgehead atoms. The van der Waals surface area contributed by atoms with E-state index in [-0.39, 0.29) is 4.90 Å². The largest absolute Gasteiger partial charge is 0.388 e. The standard InChI is InChI=1S/C22H31N3O3S2/c1-29-17-19-10-9-18(16-22(19)30(23,27)28)21(26)8-5-11-24-12-14-25(15-13-24)20-6-3-2-4-7-20/h2-4,6-7,9-10,16,21,26H,5,8,11-15,17H2,1H3,(H2,23,27,28). The summed E-state index contributed by atoms with van der Waals surface area (Å²) >= 11 is 1.54. The van der Waals surface area contributed by atoms with Gasteiger partial charge in [0, 0.05) is 37.6 Å². The van der Waals surface area contributed by atoms with Crippen LogP contribution in [0.4, 0.5) is 5.69 Å². The van der Waals surface area contributed by atoms with Gasteiger partial charge in [0.05, 0.1) is 11.0 Å². The van der Waals surface area contributed by atoms with Gasteiger partial charge in [-0.15, -0.1) is 0 Å². The number of hydrogen-bond donors (Lipinski definition) is 2. The Balaban J connectivity index is 1.50. The van der Waals surface area contributed by atoms with Gasteiger partial charge in [0.25, 0.3) is 0 Å². The van der Waals surface area contributed by atoms with E-state index in [2.05, 4.69) is 34.1 Å². The van der Waals surface area contributed by atoms with E-state index in [9.17, 15) is 13.5 Å². The highest BCUT2D eigenvalue weighted by Crippen LogP contribution is 2.26. The van der Waals surface area contributed by atoms with Crippen molar-refractivity contribution in [1.29, 1.82) is 0 Å². The Morgan fingerprint density at radius 2 is 1.80 bits per heavy atom. The fourth-order valence-electron chi connectivity index (χ4n) is 3.86. The van der Waals surface area contributed by atoms with Crippen LogP contribution in [0.15, 0.2) is 53.4 Å². The van der Waals surface area contributed by atoms with Crippen molar-refractivity contribution in [2.45, 2.75) is 29.6 Å². The number of nitrogens with zero attached hydrogens (tertiary/aromatic N) is 2. The minimum absolute atomic E-state index is 0.116. The number of thioether (sulfide) groups is 1. The van der Waals surface area contributed by atoms with E-state index in [0.717, 1.165) is 39.1 Å². The first-order chi connectivity index (χ1) is 14.4. The normalized spacial score (nSPS) is 16.6. The number of sulfonamides is 1. The first-order valence-electron chi connectivity index (χ1n) is 10.2. The highest BCUT2D eigenvalue weighted by Gasteiger charge is 2.19. The van der Waals surface area contributed by atoms with Crippen LogP contribution in [-0.4, -0.2) is 57.4 Å². The molecule has 30 heavy (non-hydrogen) atoms. The molecule has 0 saturated carbocycles. The Labute approximate surface area is 184 Å². The molecule has 3 rings (SSSR count). The van der Waals surface area contributed by atoms with Gasteiger partial charge in [-0.1, -0.05) is 30.3 Å². The molecular weight excluding hydrogens is 418 g/mol. The second-order valence-corrected chi connectivity index (χ2v) is 10.1. The van der Waals surface area contributed by atoms with Crippen LogP contribution in [0.1, 0.15) is 30.1 Å². The molecule has 1 unspecified atom stereocenters. The van der Waals surface area contributed by atoms with Crippen molar-refractivity contribution in [3.05, 3.63) is 59.7 Å². The second-order valence-electron chi connectivity index (χ2n) is 7.67. The third kappa shape index (κ3) is 6.21. The summed E-state index contributed by atoms with van der Waals surface area (Å²) in [5.41, 5.74) is 2.55. The van der Waals surface area contributed by atoms with Crippen LogP contribution in [0, 0.1) is 0 Å². The molecule has 1 aliphatic heterocycles. The second kappa shape index (κ2) is 10.6. The zero-order chi connectivity index (χ0) is 21.6. The summed E-state index contributed by atoms with van der Waals surface area (Å²) in [6.07, 6.45) is 2.66. The molecule has 1 heterocycles. The van der Waals surface area contributed by atoms with Gasteiger partial charge < -0.3 is 10.0 Å². The molecule has 0 aliphatic carbocycles. The lowest BCUT2D eigenvalue weighted by molar-refractivity contribution is 0.153. The minimum Gasteiger partial charge on any atom is -0.388 e. The smallest absolute Gasteiger partial charge is 0.238 e. The number of primary sulfonamides is 1. The van der Waals surface area contributed by atoms with Gasteiger partial charge >= 0.3 is 0 Å². The molecule has 6 nitrogen and oxygen atoms in total. The minimum atomic E-state index is -3.81. The third-order valence-corrected chi connectivity index (χ3v) is 7.12. The van der Waals surface area contributed by atoms with Gasteiger partial charge in [0.15, 0.2) is 0 Å². The van der Waals surface area contributed by atoms with E-state index in [1.165, 1.54) is 23.5 Å². The van der Waals surface area contributed by atoms with Gasteiger partial charge in [-0.3, -0.25) is 4.90 Å². The number of aliphatic hydroxyl groups is 1. The molecule has 1 fully saturated rings. The van der Waals surface area contributed by atoms with Crippen molar-refractivity contribution in [3.63, 3.8) is 0 Å². The summed E-state index contributed by atoms with van der Waals surface area (Å²) in [5, 5.41) is 16.0. The van der Waals surface area contributed by atoms with E-state index in [4.69, 9.17) is 5.14 Å². The number of anilines is 1. The molecule has 0 radical (unpaired) electrons. The lowest BCUT2D eigenvalue weighted by Crippen LogP contribution is -2.46. The Kier molecular flexibility index (Phi) is 8.19. The van der Waals surface area contributed by atoms with Crippen molar-refractivity contribution < 1.29 is 13.5 Å². The molecule has 8 heteroatoms. The van der Waals surface area contributed by atoms with Crippen LogP contribution < -0.4 is 10.0 Å². The van der Waals surface area contributed by atoms with Crippen molar-refractivity contribution in [1.82, 2.24) is 4.90 Å². The number of rotatable bonds is 9. The van der Waals surface area contributed by atoms with Gasteiger partial charge in [-0.2, -0.15) is 11.8 Å². The van der Waals surface area contributed by atoms with Gasteiger partial charge in [0.2, 0.25) is 10.0 Å². The predicted octanol–water partition coefficient (Wildman–Crippen LogP) is 2.83. The monoisotopic (exact) mass is 449 g/mol. The van der Waals surface area contributed by atoms with E-state index in [1.54, 1.807) is 6.07 Å². The van der Waals surface area contributed by atoms with E-state index < -0.39 is 16.1 Å². The van der Waals surface area contributed by atoms with Crippen LogP contribution >= 0.6 is 11.8 Å². The first-order valence-corrected chi connectivity index (χ1v) is 13.2. The SMILES string of the molecule is CSCc1ccc(C(O)CCCN2CCN(c3ccccc3)CC2)cc1S(N)(=O)=O. The average molecular weight is 450 g/mol. The lowest BCUT2D eigenvalue weighted by atomic mass is 10.0. The molecule has 1 saturated heterocycles. The molecular formula is C22H31N3O3S2. The van der Waals surface area contributed by atoms with Crippen LogP contribution in [-0.2, 0) is 15.8 Å². The Bertz CT molecular complexity index is 914. The van der Waals surface area contributed by atoms with Gasteiger partial charge in [0.1, 0.15) is 0 Å². The zero-order valence-corrected chi connectivity index (χ0v) is 19.0. The summed E-state index contributed by atoms with van der Waals surface area (Å²) in [6, 6.07) is 15.6. The summed E-state index contributed by atoms with van der Waals surface area (Å²) in [6.45, 7) is 4.93. The number of para-hydroxylation sites is 1. The number of nitrogens with two attached hydrogens (primary N) is 1. The number of benzene rings is 2. The predicted molar refractivity (Wildman–Crippen MR) is 124 cm³/mol. The molecule has 2 aromatic carbocycles. The first kappa shape index (κ1) is 23.1. The summed E-state index contributed by atoms with van der Waals surface area (Å²) in [4.78, 5) is 4.94. The van der Waals surface area contributed by atoms with Crippen molar-refractivity contribution in [2.75, 3.05) is 43.9 Å². The number of hydrogen-bond acceptors (Lipinski definition) is 6. The third-order valence-electron chi connectivity index (χ3n) is 5.53. The average Bonchev–Trinajstić information content (AvgIpc) is 2.74. The molecule has 164 valence electrons. The molecule has 1 atom stereocenters. The van der Waals surface area contributed by atoms with Crippen LogP contribution in [0.2, 0.25) is 0 Å². The molecule has 0 aromatic heterocycles. The highest BCUT2D eigenvalue weighted by molar-refractivity contribution is 7.97. The summed E-state index contributed by atoms with van der Waals surface area (Å²) in [7, 11) is -3.81. The van der Waals surface area contributed by atoms with Crippen LogP contribution in [0.25, 0.3) is 0 Å². The maximum atomic E-state index is 11.9. The lowest BCUT2D eigenvalue weighted by Gasteiger charge is -2.36. The molecule has 2 aromatic rings. The number of piperazine rings is 1. The van der Waals surface area contributed by atoms with E-state index in [1.807, 2.05) is 18.4 Å².